The van der Waals surface area contributed by atoms with Gasteiger partial charge in [-0.1, -0.05) is 15.9 Å². The van der Waals surface area contributed by atoms with Crippen molar-refractivity contribution in [3.8, 4) is 5.69 Å². The van der Waals surface area contributed by atoms with Crippen molar-refractivity contribution in [2.24, 2.45) is 0 Å². The van der Waals surface area contributed by atoms with Gasteiger partial charge < -0.3 is 4.57 Å². The van der Waals surface area contributed by atoms with Crippen molar-refractivity contribution in [3.05, 3.63) is 46.5 Å². The summed E-state index contributed by atoms with van der Waals surface area (Å²) in [6.07, 6.45) is -1.37. The van der Waals surface area contributed by atoms with Crippen LogP contribution in [-0.2, 0) is 12.1 Å². The van der Waals surface area contributed by atoms with E-state index in [2.05, 4.69) is 20.9 Å². The normalized spacial score (nSPS) is 11.8. The van der Waals surface area contributed by atoms with E-state index in [1.54, 1.807) is 12.3 Å². The van der Waals surface area contributed by atoms with Gasteiger partial charge in [-0.2, -0.15) is 13.2 Å². The van der Waals surface area contributed by atoms with Gasteiger partial charge in [0.05, 0.1) is 23.5 Å². The minimum Gasteiger partial charge on any atom is -0.306 e. The fourth-order valence-corrected chi connectivity index (χ4v) is 2.07. The molecule has 1 aromatic heterocycles. The molecule has 0 spiro atoms. The second-order valence-corrected chi connectivity index (χ2v) is 4.69. The summed E-state index contributed by atoms with van der Waals surface area (Å²) < 4.78 is 39.7. The molecule has 0 aliphatic heterocycles. The van der Waals surface area contributed by atoms with E-state index in [1.807, 2.05) is 0 Å². The standard InChI is InChI=1S/C11H7BrClF3N2/c12-10-2-1-8(3-9(10)11(14,15)16)18-5-7(4-13)17-6-18/h1-3,5-6H,4H2. The molecular weight excluding hydrogens is 332 g/mol. The Morgan fingerprint density at radius 1 is 1.33 bits per heavy atom. The quantitative estimate of drug-likeness (QED) is 0.742. The maximum absolute atomic E-state index is 12.7. The highest BCUT2D eigenvalue weighted by molar-refractivity contribution is 9.10. The van der Waals surface area contributed by atoms with E-state index >= 15 is 0 Å². The van der Waals surface area contributed by atoms with Gasteiger partial charge in [-0.25, -0.2) is 4.98 Å². The van der Waals surface area contributed by atoms with Gasteiger partial charge in [0, 0.05) is 16.4 Å². The Kier molecular flexibility index (Phi) is 3.68. The van der Waals surface area contributed by atoms with Crippen LogP contribution in [0.1, 0.15) is 11.3 Å². The summed E-state index contributed by atoms with van der Waals surface area (Å²) in [7, 11) is 0. The van der Waals surface area contributed by atoms with E-state index in [4.69, 9.17) is 11.6 Å². The van der Waals surface area contributed by atoms with E-state index in [0.717, 1.165) is 6.07 Å². The number of hydrogen-bond acceptors (Lipinski definition) is 1. The molecule has 0 atom stereocenters. The highest BCUT2D eigenvalue weighted by Crippen LogP contribution is 2.35. The number of imidazole rings is 1. The van der Waals surface area contributed by atoms with E-state index in [9.17, 15) is 13.2 Å². The summed E-state index contributed by atoms with van der Waals surface area (Å²) >= 11 is 8.49. The molecule has 0 aliphatic carbocycles. The Hall–Kier alpha value is -1.01. The molecule has 0 saturated heterocycles. The molecule has 1 aromatic carbocycles. The summed E-state index contributed by atoms with van der Waals surface area (Å²) in [4.78, 5) is 3.96. The summed E-state index contributed by atoms with van der Waals surface area (Å²) in [6.45, 7) is 0. The Morgan fingerprint density at radius 3 is 2.61 bits per heavy atom. The second kappa shape index (κ2) is 4.93. The number of aromatic nitrogens is 2. The van der Waals surface area contributed by atoms with Crippen LogP contribution in [0.4, 0.5) is 13.2 Å². The Bertz CT molecular complexity index is 566. The van der Waals surface area contributed by atoms with Crippen LogP contribution in [0.5, 0.6) is 0 Å². The highest BCUT2D eigenvalue weighted by atomic mass is 79.9. The fourth-order valence-electron chi connectivity index (χ4n) is 1.46. The van der Waals surface area contributed by atoms with Gasteiger partial charge >= 0.3 is 6.18 Å². The molecular formula is C11H7BrClF3N2. The zero-order chi connectivity index (χ0) is 13.3. The molecule has 7 heteroatoms. The number of alkyl halides is 4. The molecule has 96 valence electrons. The third kappa shape index (κ3) is 2.70. The van der Waals surface area contributed by atoms with E-state index in [0.29, 0.717) is 11.4 Å². The molecule has 18 heavy (non-hydrogen) atoms. The van der Waals surface area contributed by atoms with Gasteiger partial charge in [0.1, 0.15) is 0 Å². The van der Waals surface area contributed by atoms with Crippen molar-refractivity contribution in [3.63, 3.8) is 0 Å². The van der Waals surface area contributed by atoms with Crippen molar-refractivity contribution in [2.45, 2.75) is 12.1 Å². The van der Waals surface area contributed by atoms with Crippen LogP contribution in [0.15, 0.2) is 35.2 Å². The average Bonchev–Trinajstić information content (AvgIpc) is 2.76. The average molecular weight is 340 g/mol. The summed E-state index contributed by atoms with van der Waals surface area (Å²) in [5, 5.41) is 0. The Labute approximate surface area is 115 Å². The topological polar surface area (TPSA) is 17.8 Å². The molecule has 0 unspecified atom stereocenters. The lowest BCUT2D eigenvalue weighted by Crippen LogP contribution is -2.07. The molecule has 0 bridgehead atoms. The first kappa shape index (κ1) is 13.4. The Morgan fingerprint density at radius 2 is 2.06 bits per heavy atom. The maximum atomic E-state index is 12.7. The third-order valence-corrected chi connectivity index (χ3v) is 3.29. The van der Waals surface area contributed by atoms with Crippen molar-refractivity contribution < 1.29 is 13.2 Å². The van der Waals surface area contributed by atoms with Crippen LogP contribution in [0.3, 0.4) is 0 Å². The van der Waals surface area contributed by atoms with Crippen LogP contribution < -0.4 is 0 Å². The van der Waals surface area contributed by atoms with Gasteiger partial charge in [-0.15, -0.1) is 11.6 Å². The zero-order valence-electron chi connectivity index (χ0n) is 8.88. The van der Waals surface area contributed by atoms with Crippen LogP contribution in [0.25, 0.3) is 5.69 Å². The molecule has 2 nitrogen and oxygen atoms in total. The van der Waals surface area contributed by atoms with Gasteiger partial charge in [0.15, 0.2) is 0 Å². The molecule has 0 fully saturated rings. The number of halogens is 5. The second-order valence-electron chi connectivity index (χ2n) is 3.57. The number of benzene rings is 1. The van der Waals surface area contributed by atoms with Gasteiger partial charge in [-0.3, -0.25) is 0 Å². The van der Waals surface area contributed by atoms with Crippen LogP contribution in [0, 0.1) is 0 Å². The summed E-state index contributed by atoms with van der Waals surface area (Å²) in [5.41, 5.74) is 0.267. The molecule has 0 aliphatic rings. The highest BCUT2D eigenvalue weighted by Gasteiger charge is 2.33. The molecule has 1 heterocycles. The SMILES string of the molecule is FC(F)(F)c1cc(-n2cnc(CCl)c2)ccc1Br. The summed E-state index contributed by atoms with van der Waals surface area (Å²) in [6, 6.07) is 3.99. The van der Waals surface area contributed by atoms with Crippen molar-refractivity contribution in [2.75, 3.05) is 0 Å². The third-order valence-electron chi connectivity index (χ3n) is 2.33. The lowest BCUT2D eigenvalue weighted by Gasteiger charge is -2.11. The van der Waals surface area contributed by atoms with Crippen LogP contribution in [0.2, 0.25) is 0 Å². The molecule has 0 N–H and O–H groups in total. The first-order valence-corrected chi connectivity index (χ1v) is 6.20. The lowest BCUT2D eigenvalue weighted by atomic mass is 10.2. The zero-order valence-corrected chi connectivity index (χ0v) is 11.2. The minimum absolute atomic E-state index is 0.0106. The van der Waals surface area contributed by atoms with E-state index in [1.165, 1.54) is 17.0 Å². The van der Waals surface area contributed by atoms with Crippen molar-refractivity contribution in [1.29, 1.82) is 0 Å². The first-order valence-electron chi connectivity index (χ1n) is 4.88. The molecule has 2 rings (SSSR count). The fraction of sp³-hybridized carbons (Fsp3) is 0.182. The van der Waals surface area contributed by atoms with E-state index < -0.39 is 11.7 Å². The first-order chi connectivity index (χ1) is 8.41. The predicted molar refractivity (Wildman–Crippen MR) is 65.8 cm³/mol. The van der Waals surface area contributed by atoms with Gasteiger partial charge in [0.2, 0.25) is 0 Å². The molecule has 0 amide bonds. The van der Waals surface area contributed by atoms with Gasteiger partial charge in [-0.05, 0) is 18.2 Å². The van der Waals surface area contributed by atoms with Crippen molar-refractivity contribution >= 4 is 27.5 Å². The monoisotopic (exact) mass is 338 g/mol. The Balaban J connectivity index is 2.47. The molecule has 2 aromatic rings. The maximum Gasteiger partial charge on any atom is 0.417 e. The molecule has 0 radical (unpaired) electrons. The molecule has 0 saturated carbocycles. The number of hydrogen-bond donors (Lipinski definition) is 0. The minimum atomic E-state index is -4.40. The van der Waals surface area contributed by atoms with Crippen molar-refractivity contribution in [1.82, 2.24) is 9.55 Å². The van der Waals surface area contributed by atoms with Crippen LogP contribution >= 0.6 is 27.5 Å². The van der Waals surface area contributed by atoms with E-state index in [-0.39, 0.29) is 10.4 Å². The smallest absolute Gasteiger partial charge is 0.306 e. The summed E-state index contributed by atoms with van der Waals surface area (Å²) in [5.74, 6) is 0.218. The van der Waals surface area contributed by atoms with Crippen LogP contribution in [-0.4, -0.2) is 9.55 Å². The number of rotatable bonds is 2. The predicted octanol–water partition coefficient (Wildman–Crippen LogP) is 4.39. The van der Waals surface area contributed by atoms with Gasteiger partial charge in [0.25, 0.3) is 0 Å². The number of nitrogens with zero attached hydrogens (tertiary/aromatic N) is 2. The largest absolute Gasteiger partial charge is 0.417 e. The lowest BCUT2D eigenvalue weighted by molar-refractivity contribution is -0.138.